The van der Waals surface area contributed by atoms with Gasteiger partial charge in [-0.2, -0.15) is 0 Å². The number of halogens is 1. The first kappa shape index (κ1) is 10.2. The zero-order valence-corrected chi connectivity index (χ0v) is 10.6. The fourth-order valence-corrected chi connectivity index (χ4v) is 3.30. The van der Waals surface area contributed by atoms with E-state index < -0.39 is 0 Å². The molecule has 0 N–H and O–H groups in total. The number of thiophene rings is 2. The van der Waals surface area contributed by atoms with Crippen molar-refractivity contribution in [3.63, 3.8) is 0 Å². The lowest BCUT2D eigenvalue weighted by atomic mass is 10.3. The van der Waals surface area contributed by atoms with Crippen LogP contribution in [0.5, 0.6) is 0 Å². The van der Waals surface area contributed by atoms with Gasteiger partial charge in [0.25, 0.3) is 0 Å². The van der Waals surface area contributed by atoms with E-state index in [-0.39, 0.29) is 0 Å². The fraction of sp³-hybridized carbons (Fsp3) is 0.0909. The van der Waals surface area contributed by atoms with E-state index in [1.54, 1.807) is 22.7 Å². The second kappa shape index (κ2) is 4.13. The number of nitrogens with zero attached hydrogens (tertiary/aromatic N) is 2. The van der Waals surface area contributed by atoms with Crippen LogP contribution in [0.2, 0.25) is 5.15 Å². The molecule has 5 heteroatoms. The smallest absolute Gasteiger partial charge is 0.141 e. The van der Waals surface area contributed by atoms with Crippen LogP contribution in [-0.2, 0) is 6.42 Å². The van der Waals surface area contributed by atoms with E-state index in [1.807, 2.05) is 17.5 Å². The maximum atomic E-state index is 6.10. The van der Waals surface area contributed by atoms with Crippen LogP contribution in [0.4, 0.5) is 0 Å². The molecule has 0 amide bonds. The zero-order chi connectivity index (χ0) is 11.0. The molecule has 3 heterocycles. The van der Waals surface area contributed by atoms with Gasteiger partial charge in [-0.3, -0.25) is 0 Å². The van der Waals surface area contributed by atoms with Crippen LogP contribution in [-0.4, -0.2) is 9.97 Å². The van der Waals surface area contributed by atoms with Gasteiger partial charge in [0.05, 0.1) is 0 Å². The second-order valence-electron chi connectivity index (χ2n) is 3.33. The summed E-state index contributed by atoms with van der Waals surface area (Å²) in [5, 5.41) is 5.54. The van der Waals surface area contributed by atoms with Gasteiger partial charge in [0.15, 0.2) is 0 Å². The van der Waals surface area contributed by atoms with Gasteiger partial charge >= 0.3 is 0 Å². The molecule has 16 heavy (non-hydrogen) atoms. The van der Waals surface area contributed by atoms with E-state index in [1.165, 1.54) is 4.88 Å². The lowest BCUT2D eigenvalue weighted by Crippen LogP contribution is -1.95. The fourth-order valence-electron chi connectivity index (χ4n) is 1.51. The molecular weight excluding hydrogens is 260 g/mol. The summed E-state index contributed by atoms with van der Waals surface area (Å²) in [5.74, 6) is 0.794. The van der Waals surface area contributed by atoms with E-state index in [0.717, 1.165) is 22.5 Å². The van der Waals surface area contributed by atoms with Crippen LogP contribution in [0.15, 0.2) is 29.0 Å². The number of aromatic nitrogens is 2. The molecule has 0 unspecified atom stereocenters. The van der Waals surface area contributed by atoms with Gasteiger partial charge in [-0.1, -0.05) is 17.7 Å². The summed E-state index contributed by atoms with van der Waals surface area (Å²) >= 11 is 9.41. The minimum Gasteiger partial charge on any atom is -0.222 e. The molecule has 0 aliphatic heterocycles. The first-order valence-corrected chi connectivity index (χ1v) is 6.88. The number of hydrogen-bond acceptors (Lipinski definition) is 4. The summed E-state index contributed by atoms with van der Waals surface area (Å²) in [6.45, 7) is 0. The molecule has 3 rings (SSSR count). The van der Waals surface area contributed by atoms with E-state index in [0.29, 0.717) is 5.15 Å². The topological polar surface area (TPSA) is 25.8 Å². The molecule has 0 atom stereocenters. The van der Waals surface area contributed by atoms with E-state index in [2.05, 4.69) is 21.4 Å². The SMILES string of the molecule is Clc1nc(Cc2cccs2)nc2sccc12. The molecule has 3 aromatic rings. The molecule has 2 nitrogen and oxygen atoms in total. The van der Waals surface area contributed by atoms with Gasteiger partial charge in [-0.15, -0.1) is 22.7 Å². The third-order valence-electron chi connectivity index (χ3n) is 2.24. The standard InChI is InChI=1S/C11H7ClN2S2/c12-10-8-3-5-16-11(8)14-9(13-10)6-7-2-1-4-15-7/h1-5H,6H2. The number of fused-ring (bicyclic) bond motifs is 1. The highest BCUT2D eigenvalue weighted by Crippen LogP contribution is 2.25. The molecule has 0 saturated carbocycles. The Bertz CT molecular complexity index is 616. The minimum atomic E-state index is 0.554. The van der Waals surface area contributed by atoms with Crippen molar-refractivity contribution in [1.29, 1.82) is 0 Å². The van der Waals surface area contributed by atoms with E-state index in [4.69, 9.17) is 11.6 Å². The second-order valence-corrected chi connectivity index (χ2v) is 5.61. The van der Waals surface area contributed by atoms with Crippen molar-refractivity contribution in [1.82, 2.24) is 9.97 Å². The largest absolute Gasteiger partial charge is 0.222 e. The Balaban J connectivity index is 2.04. The summed E-state index contributed by atoms with van der Waals surface area (Å²) in [7, 11) is 0. The van der Waals surface area contributed by atoms with Crippen molar-refractivity contribution in [2.24, 2.45) is 0 Å². The third kappa shape index (κ3) is 1.84. The Hall–Kier alpha value is -0.970. The Morgan fingerprint density at radius 3 is 2.88 bits per heavy atom. The van der Waals surface area contributed by atoms with Crippen LogP contribution in [0.3, 0.4) is 0 Å². The van der Waals surface area contributed by atoms with Gasteiger partial charge in [0, 0.05) is 16.7 Å². The van der Waals surface area contributed by atoms with E-state index in [9.17, 15) is 0 Å². The Morgan fingerprint density at radius 1 is 1.12 bits per heavy atom. The Labute approximate surface area is 106 Å². The lowest BCUT2D eigenvalue weighted by molar-refractivity contribution is 1.01. The molecule has 0 aliphatic rings. The van der Waals surface area contributed by atoms with Crippen LogP contribution in [0.25, 0.3) is 10.2 Å². The predicted molar refractivity (Wildman–Crippen MR) is 69.6 cm³/mol. The van der Waals surface area contributed by atoms with Crippen molar-refractivity contribution in [3.05, 3.63) is 44.8 Å². The lowest BCUT2D eigenvalue weighted by Gasteiger charge is -1.99. The van der Waals surface area contributed by atoms with Crippen LogP contribution >= 0.6 is 34.3 Å². The van der Waals surface area contributed by atoms with Crippen molar-refractivity contribution < 1.29 is 0 Å². The van der Waals surface area contributed by atoms with Crippen LogP contribution < -0.4 is 0 Å². The first-order chi connectivity index (χ1) is 7.83. The van der Waals surface area contributed by atoms with Crippen molar-refractivity contribution in [2.45, 2.75) is 6.42 Å². The zero-order valence-electron chi connectivity index (χ0n) is 8.18. The third-order valence-corrected chi connectivity index (χ3v) is 4.21. The number of hydrogen-bond donors (Lipinski definition) is 0. The molecule has 0 fully saturated rings. The average Bonchev–Trinajstić information content (AvgIpc) is 2.87. The van der Waals surface area contributed by atoms with Gasteiger partial charge in [-0.05, 0) is 22.9 Å². The quantitative estimate of drug-likeness (QED) is 0.655. The van der Waals surface area contributed by atoms with Crippen LogP contribution in [0, 0.1) is 0 Å². The first-order valence-electron chi connectivity index (χ1n) is 4.75. The molecule has 0 spiro atoms. The highest BCUT2D eigenvalue weighted by Gasteiger charge is 2.07. The summed E-state index contributed by atoms with van der Waals surface area (Å²) in [6, 6.07) is 6.07. The molecule has 0 aliphatic carbocycles. The van der Waals surface area contributed by atoms with E-state index >= 15 is 0 Å². The molecule has 80 valence electrons. The monoisotopic (exact) mass is 266 g/mol. The van der Waals surface area contributed by atoms with Crippen molar-refractivity contribution in [3.8, 4) is 0 Å². The molecule has 0 radical (unpaired) electrons. The van der Waals surface area contributed by atoms with Gasteiger partial charge in [0.2, 0.25) is 0 Å². The van der Waals surface area contributed by atoms with Gasteiger partial charge in [0.1, 0.15) is 15.8 Å². The minimum absolute atomic E-state index is 0.554. The van der Waals surface area contributed by atoms with Crippen LogP contribution in [0.1, 0.15) is 10.7 Å². The van der Waals surface area contributed by atoms with Crippen molar-refractivity contribution in [2.75, 3.05) is 0 Å². The normalized spacial score (nSPS) is 11.1. The maximum Gasteiger partial charge on any atom is 0.141 e. The molecular formula is C11H7ClN2S2. The van der Waals surface area contributed by atoms with Gasteiger partial charge < -0.3 is 0 Å². The highest BCUT2D eigenvalue weighted by molar-refractivity contribution is 7.16. The molecule has 3 aromatic heterocycles. The average molecular weight is 267 g/mol. The Morgan fingerprint density at radius 2 is 2.06 bits per heavy atom. The summed E-state index contributed by atoms with van der Waals surface area (Å²) < 4.78 is 0. The molecule has 0 saturated heterocycles. The predicted octanol–water partition coefficient (Wildman–Crippen LogP) is 4.00. The highest BCUT2D eigenvalue weighted by atomic mass is 35.5. The summed E-state index contributed by atoms with van der Waals surface area (Å²) in [6.07, 6.45) is 0.755. The maximum absolute atomic E-state index is 6.10. The molecule has 0 bridgehead atoms. The molecule has 0 aromatic carbocycles. The summed E-state index contributed by atoms with van der Waals surface area (Å²) in [5.41, 5.74) is 0. The van der Waals surface area contributed by atoms with Gasteiger partial charge in [-0.25, -0.2) is 9.97 Å². The Kier molecular flexibility index (Phi) is 2.63. The summed E-state index contributed by atoms with van der Waals surface area (Å²) in [4.78, 5) is 11.0. The number of rotatable bonds is 2. The van der Waals surface area contributed by atoms with Crippen molar-refractivity contribution >= 4 is 44.5 Å².